The maximum Gasteiger partial charge on any atom is 0.434 e. The maximum absolute atomic E-state index is 13.5. The van der Waals surface area contributed by atoms with E-state index in [-0.39, 0.29) is 59.1 Å². The minimum absolute atomic E-state index is 0.0318. The zero-order valence-electron chi connectivity index (χ0n) is 26.7. The topological polar surface area (TPSA) is 132 Å². The second-order valence-electron chi connectivity index (χ2n) is 12.0. The van der Waals surface area contributed by atoms with Gasteiger partial charge in [-0.05, 0) is 37.5 Å². The third kappa shape index (κ3) is 6.68. The lowest BCUT2D eigenvalue weighted by Crippen LogP contribution is -2.42. The van der Waals surface area contributed by atoms with Crippen LogP contribution >= 0.6 is 11.3 Å². The van der Waals surface area contributed by atoms with E-state index in [0.29, 0.717) is 28.6 Å². The lowest BCUT2D eigenvalue weighted by atomic mass is 9.97. The van der Waals surface area contributed by atoms with Gasteiger partial charge in [-0.1, -0.05) is 6.92 Å². The molecule has 3 aliphatic rings. The molecule has 0 bridgehead atoms. The Kier molecular flexibility index (Phi) is 9.07. The van der Waals surface area contributed by atoms with E-state index in [1.807, 2.05) is 6.92 Å². The van der Waals surface area contributed by atoms with E-state index in [1.54, 1.807) is 24.0 Å². The number of allylic oxidation sites excluding steroid dienone is 3. The number of fused-ring (bicyclic) bond motifs is 2. The van der Waals surface area contributed by atoms with E-state index < -0.39 is 30.1 Å². The SMILES string of the molecule is COC(=O)[C@@H]1CC(=O)/C2=C/N[C@@H](Oc3cc(-c4nc(C(F)(F)F)cs4)nc4c(C)c(OC)ccc34)CC(=O)C(C)CCC3=C(C3)NCN21. The fraction of sp³-hybridized carbons (Fsp3) is 0.424. The highest BCUT2D eigenvalue weighted by molar-refractivity contribution is 7.13. The Morgan fingerprint density at radius 1 is 1.12 bits per heavy atom. The molecule has 2 aliphatic heterocycles. The summed E-state index contributed by atoms with van der Waals surface area (Å²) in [6.07, 6.45) is -2.23. The molecule has 1 fully saturated rings. The quantitative estimate of drug-likeness (QED) is 0.342. The summed E-state index contributed by atoms with van der Waals surface area (Å²) in [7, 11) is 2.77. The Bertz CT molecular complexity index is 1850. The summed E-state index contributed by atoms with van der Waals surface area (Å²) in [5, 5.41) is 7.90. The van der Waals surface area contributed by atoms with Gasteiger partial charge in [-0.2, -0.15) is 13.2 Å². The van der Waals surface area contributed by atoms with Crippen molar-refractivity contribution in [2.24, 2.45) is 5.92 Å². The first-order valence-corrected chi connectivity index (χ1v) is 16.2. The highest BCUT2D eigenvalue weighted by atomic mass is 32.1. The number of carbonyl (C=O) groups excluding carboxylic acids is 3. The summed E-state index contributed by atoms with van der Waals surface area (Å²) in [5.74, 6) is -0.456. The molecule has 2 N–H and O–H groups in total. The van der Waals surface area contributed by atoms with E-state index in [2.05, 4.69) is 20.6 Å². The van der Waals surface area contributed by atoms with E-state index >= 15 is 0 Å². The van der Waals surface area contributed by atoms with Gasteiger partial charge < -0.3 is 29.7 Å². The van der Waals surface area contributed by atoms with Gasteiger partial charge in [0.25, 0.3) is 0 Å². The van der Waals surface area contributed by atoms with Gasteiger partial charge >= 0.3 is 12.1 Å². The molecule has 1 saturated heterocycles. The molecule has 254 valence electrons. The van der Waals surface area contributed by atoms with Crippen molar-refractivity contribution in [1.82, 2.24) is 25.5 Å². The number of halogens is 3. The normalized spacial score (nSPS) is 22.9. The van der Waals surface area contributed by atoms with Crippen LogP contribution < -0.4 is 20.1 Å². The smallest absolute Gasteiger partial charge is 0.434 e. The van der Waals surface area contributed by atoms with Crippen LogP contribution in [0.5, 0.6) is 11.5 Å². The number of benzene rings is 1. The van der Waals surface area contributed by atoms with Gasteiger partial charge in [0.05, 0.1) is 38.5 Å². The molecule has 0 amide bonds. The van der Waals surface area contributed by atoms with E-state index in [1.165, 1.54) is 32.1 Å². The Hall–Kier alpha value is -4.66. The number of methoxy groups -OCH3 is 2. The highest BCUT2D eigenvalue weighted by Crippen LogP contribution is 2.39. The number of aromatic nitrogens is 2. The third-order valence-corrected chi connectivity index (χ3v) is 9.71. The molecule has 3 atom stereocenters. The Morgan fingerprint density at radius 2 is 1.92 bits per heavy atom. The van der Waals surface area contributed by atoms with Crippen molar-refractivity contribution < 1.29 is 41.8 Å². The second-order valence-corrected chi connectivity index (χ2v) is 12.8. The second kappa shape index (κ2) is 13.1. The summed E-state index contributed by atoms with van der Waals surface area (Å²) in [6.45, 7) is 3.83. The van der Waals surface area contributed by atoms with E-state index in [9.17, 15) is 27.6 Å². The molecule has 48 heavy (non-hydrogen) atoms. The molecule has 0 spiro atoms. The van der Waals surface area contributed by atoms with Gasteiger partial charge in [-0.3, -0.25) is 9.59 Å². The fourth-order valence-electron chi connectivity index (χ4n) is 5.92. The lowest BCUT2D eigenvalue weighted by molar-refractivity contribution is -0.145. The molecule has 0 radical (unpaired) electrons. The Balaban J connectivity index is 1.41. The van der Waals surface area contributed by atoms with Crippen molar-refractivity contribution in [3.05, 3.63) is 58.0 Å². The molecule has 1 aliphatic carbocycles. The van der Waals surface area contributed by atoms with Crippen LogP contribution in [0.2, 0.25) is 0 Å². The summed E-state index contributed by atoms with van der Waals surface area (Å²) in [4.78, 5) is 49.4. The average Bonchev–Trinajstić information content (AvgIpc) is 3.44. The number of rotatable bonds is 5. The van der Waals surface area contributed by atoms with E-state index in [4.69, 9.17) is 14.2 Å². The van der Waals surface area contributed by atoms with Crippen LogP contribution in [0.1, 0.15) is 50.3 Å². The number of esters is 1. The summed E-state index contributed by atoms with van der Waals surface area (Å²) < 4.78 is 57.2. The number of hydrogen-bond donors (Lipinski definition) is 2. The number of carbonyl (C=O) groups is 3. The van der Waals surface area contributed by atoms with Gasteiger partial charge in [0, 0.05) is 53.1 Å². The predicted molar refractivity (Wildman–Crippen MR) is 170 cm³/mol. The first-order valence-electron chi connectivity index (χ1n) is 15.4. The fourth-order valence-corrected chi connectivity index (χ4v) is 6.71. The zero-order valence-corrected chi connectivity index (χ0v) is 27.5. The number of Topliss-reactive ketones (excluding diaryl/α,β-unsaturated/α-hetero) is 2. The number of nitrogens with one attached hydrogen (secondary N) is 2. The van der Waals surface area contributed by atoms with Crippen molar-refractivity contribution in [2.45, 2.75) is 64.4 Å². The van der Waals surface area contributed by atoms with Gasteiger partial charge in [0.2, 0.25) is 0 Å². The number of thiazole rings is 1. The minimum atomic E-state index is -4.63. The van der Waals surface area contributed by atoms with Gasteiger partial charge in [-0.25, -0.2) is 14.8 Å². The molecular weight excluding hydrogens is 651 g/mol. The predicted octanol–water partition coefficient (Wildman–Crippen LogP) is 5.24. The van der Waals surface area contributed by atoms with Crippen molar-refractivity contribution in [2.75, 3.05) is 20.9 Å². The van der Waals surface area contributed by atoms with Crippen LogP contribution in [0.4, 0.5) is 13.2 Å². The summed E-state index contributed by atoms with van der Waals surface area (Å²) >= 11 is 0.797. The van der Waals surface area contributed by atoms with Crippen molar-refractivity contribution in [3.8, 4) is 22.2 Å². The molecule has 15 heteroatoms. The van der Waals surface area contributed by atoms with Gasteiger partial charge in [0.1, 0.15) is 34.0 Å². The first-order chi connectivity index (χ1) is 22.9. The number of aryl methyl sites for hydroxylation is 1. The number of ether oxygens (including phenoxy) is 3. The van der Waals surface area contributed by atoms with Crippen LogP contribution in [-0.4, -0.2) is 65.6 Å². The van der Waals surface area contributed by atoms with Gasteiger partial charge in [0.15, 0.2) is 17.7 Å². The lowest BCUT2D eigenvalue weighted by Gasteiger charge is -2.27. The number of alkyl halides is 3. The largest absolute Gasteiger partial charge is 0.496 e. The van der Waals surface area contributed by atoms with Crippen LogP contribution in [0.25, 0.3) is 21.6 Å². The Morgan fingerprint density at radius 3 is 2.62 bits per heavy atom. The molecule has 11 nitrogen and oxygen atoms in total. The standard InChI is InChI=1S/C33H34F3N5O6S/c1-16-5-6-18-9-20(18)38-15-41-22(32(44)46-4)11-25(43)23(41)13-37-29(12-24(16)42)47-27-10-21(31-40-28(14-48-31)33(34,35)36)39-30-17(2)26(45-3)8-7-19(27)30/h7-8,10,13-14,16,22,29,37-38H,5-6,9,11-12,15H2,1-4H3/b23-13-/t16?,22-,29-/m0/s1. The molecule has 2 aromatic heterocycles. The number of nitrogens with zero attached hydrogens (tertiary/aromatic N) is 3. The molecule has 6 rings (SSSR count). The van der Waals surface area contributed by atoms with Crippen LogP contribution in [0.15, 0.2) is 46.7 Å². The van der Waals surface area contributed by atoms with E-state index in [0.717, 1.165) is 35.3 Å². The third-order valence-electron chi connectivity index (χ3n) is 8.85. The van der Waals surface area contributed by atoms with Gasteiger partial charge in [-0.15, -0.1) is 11.3 Å². The van der Waals surface area contributed by atoms with Crippen LogP contribution in [0, 0.1) is 12.8 Å². The molecule has 3 aromatic rings. The minimum Gasteiger partial charge on any atom is -0.496 e. The first kappa shape index (κ1) is 33.2. The van der Waals surface area contributed by atoms with Crippen molar-refractivity contribution in [3.63, 3.8) is 0 Å². The van der Waals surface area contributed by atoms with Crippen molar-refractivity contribution in [1.29, 1.82) is 0 Å². The molecule has 0 saturated carbocycles. The maximum atomic E-state index is 13.5. The highest BCUT2D eigenvalue weighted by Gasteiger charge is 2.41. The Labute approximate surface area is 278 Å². The monoisotopic (exact) mass is 685 g/mol. The van der Waals surface area contributed by atoms with Crippen molar-refractivity contribution >= 4 is 39.8 Å². The number of hydrogen-bond acceptors (Lipinski definition) is 12. The zero-order chi connectivity index (χ0) is 34.3. The number of pyridine rings is 1. The molecular formula is C33H34F3N5O6S. The van der Waals surface area contributed by atoms with Crippen LogP contribution in [-0.2, 0) is 25.3 Å². The van der Waals surface area contributed by atoms with Crippen LogP contribution in [0.3, 0.4) is 0 Å². The molecule has 4 heterocycles. The summed E-state index contributed by atoms with van der Waals surface area (Å²) in [5.41, 5.74) is 2.61. The molecule has 1 unspecified atom stereocenters. The number of ketones is 2. The summed E-state index contributed by atoms with van der Waals surface area (Å²) in [6, 6.07) is 4.11. The molecule has 1 aromatic carbocycles. The average molecular weight is 686 g/mol.